The topological polar surface area (TPSA) is 103 Å². The highest BCUT2D eigenvalue weighted by Gasteiger charge is 2.19. The van der Waals surface area contributed by atoms with E-state index in [-0.39, 0.29) is 30.7 Å². The smallest absolute Gasteiger partial charge is 0.277 e. The van der Waals surface area contributed by atoms with Crippen LogP contribution in [0.25, 0.3) is 11.4 Å². The van der Waals surface area contributed by atoms with Gasteiger partial charge in [0.25, 0.3) is 5.91 Å². The number of amides is 1. The second-order valence-corrected chi connectivity index (χ2v) is 7.65. The van der Waals surface area contributed by atoms with Crippen LogP contribution in [0.5, 0.6) is 0 Å². The van der Waals surface area contributed by atoms with Gasteiger partial charge in [-0.1, -0.05) is 5.21 Å². The van der Waals surface area contributed by atoms with Crippen molar-refractivity contribution < 1.29 is 4.79 Å². The Hall–Kier alpha value is -2.49. The molecule has 166 valence electrons. The Morgan fingerprint density at radius 1 is 1.03 bits per heavy atom. The second kappa shape index (κ2) is 10.2. The number of nitrogens with zero attached hydrogens (tertiary/aromatic N) is 6. The molecule has 2 aliphatic heterocycles. The van der Waals surface area contributed by atoms with Crippen molar-refractivity contribution in [2.24, 2.45) is 0 Å². The number of rotatable bonds is 4. The minimum absolute atomic E-state index is 0. The van der Waals surface area contributed by atoms with E-state index >= 15 is 0 Å². The predicted octanol–water partition coefficient (Wildman–Crippen LogP) is 2.89. The van der Waals surface area contributed by atoms with E-state index in [1.807, 2.05) is 28.9 Å². The van der Waals surface area contributed by atoms with Crippen LogP contribution in [0.4, 0.5) is 5.69 Å². The number of carbonyl (C=O) groups is 1. The molecule has 2 aromatic heterocycles. The maximum absolute atomic E-state index is 12.5. The molecular formula is C20H26Cl2N8O. The number of anilines is 1. The second-order valence-electron chi connectivity index (χ2n) is 7.65. The molecule has 1 saturated heterocycles. The van der Waals surface area contributed by atoms with Crippen LogP contribution in [-0.4, -0.2) is 48.8 Å². The van der Waals surface area contributed by atoms with Gasteiger partial charge in [-0.05, 0) is 63.0 Å². The van der Waals surface area contributed by atoms with Crippen LogP contribution >= 0.6 is 24.8 Å². The van der Waals surface area contributed by atoms with E-state index in [9.17, 15) is 4.79 Å². The van der Waals surface area contributed by atoms with Gasteiger partial charge in [0, 0.05) is 24.2 Å². The van der Waals surface area contributed by atoms with Crippen molar-refractivity contribution in [2.75, 3.05) is 18.4 Å². The van der Waals surface area contributed by atoms with Crippen LogP contribution in [-0.2, 0) is 13.0 Å². The zero-order valence-electron chi connectivity index (χ0n) is 17.0. The Bertz CT molecular complexity index is 1010. The lowest BCUT2D eigenvalue weighted by Gasteiger charge is -2.22. The highest BCUT2D eigenvalue weighted by Crippen LogP contribution is 2.24. The van der Waals surface area contributed by atoms with Gasteiger partial charge in [-0.15, -0.1) is 40.1 Å². The molecule has 2 N–H and O–H groups in total. The molecule has 3 aromatic rings. The van der Waals surface area contributed by atoms with Crippen molar-refractivity contribution in [3.05, 3.63) is 42.0 Å². The van der Waals surface area contributed by atoms with E-state index < -0.39 is 0 Å². The normalized spacial score (nSPS) is 16.0. The summed E-state index contributed by atoms with van der Waals surface area (Å²) in [5, 5.41) is 23.1. The lowest BCUT2D eigenvalue weighted by atomic mass is 10.1. The summed E-state index contributed by atoms with van der Waals surface area (Å²) in [5.41, 5.74) is 2.05. The van der Waals surface area contributed by atoms with Gasteiger partial charge >= 0.3 is 0 Å². The average Bonchev–Trinajstić information content (AvgIpc) is 3.43. The zero-order chi connectivity index (χ0) is 19.6. The third kappa shape index (κ3) is 4.89. The van der Waals surface area contributed by atoms with Gasteiger partial charge in [0.2, 0.25) is 0 Å². The van der Waals surface area contributed by atoms with Crippen molar-refractivity contribution in [3.8, 4) is 11.4 Å². The number of aryl methyl sites for hydroxylation is 1. The summed E-state index contributed by atoms with van der Waals surface area (Å²) in [5.74, 6) is 1.70. The van der Waals surface area contributed by atoms with Crippen LogP contribution in [0, 0.1) is 0 Å². The molecule has 0 unspecified atom stereocenters. The van der Waals surface area contributed by atoms with Crippen LogP contribution in [0.3, 0.4) is 0 Å². The van der Waals surface area contributed by atoms with Gasteiger partial charge in [-0.25, -0.2) is 4.68 Å². The first-order chi connectivity index (χ1) is 14.3. The number of carbonyl (C=O) groups excluding carboxylic acids is 1. The van der Waals surface area contributed by atoms with E-state index in [0.717, 1.165) is 62.5 Å². The predicted molar refractivity (Wildman–Crippen MR) is 122 cm³/mol. The zero-order valence-corrected chi connectivity index (χ0v) is 18.7. The van der Waals surface area contributed by atoms with Crippen molar-refractivity contribution >= 4 is 36.4 Å². The molecule has 1 amide bonds. The molecule has 31 heavy (non-hydrogen) atoms. The molecule has 5 rings (SSSR count). The first-order valence-electron chi connectivity index (χ1n) is 10.2. The number of benzene rings is 1. The van der Waals surface area contributed by atoms with E-state index in [0.29, 0.717) is 17.4 Å². The molecule has 0 saturated carbocycles. The van der Waals surface area contributed by atoms with Gasteiger partial charge in [-0.3, -0.25) is 4.79 Å². The van der Waals surface area contributed by atoms with E-state index in [4.69, 9.17) is 0 Å². The summed E-state index contributed by atoms with van der Waals surface area (Å²) in [6.07, 6.45) is 7.05. The lowest BCUT2D eigenvalue weighted by molar-refractivity contribution is 0.102. The third-order valence-electron chi connectivity index (χ3n) is 5.69. The molecule has 11 heteroatoms. The molecule has 0 bridgehead atoms. The first-order valence-corrected chi connectivity index (χ1v) is 10.2. The molecule has 0 aliphatic carbocycles. The maximum Gasteiger partial charge on any atom is 0.277 e. The monoisotopic (exact) mass is 464 g/mol. The Kier molecular flexibility index (Phi) is 7.64. The molecule has 0 radical (unpaired) electrons. The summed E-state index contributed by atoms with van der Waals surface area (Å²) in [6.45, 7) is 2.89. The highest BCUT2D eigenvalue weighted by molar-refractivity contribution is 6.02. The minimum Gasteiger partial charge on any atom is -0.321 e. The minimum atomic E-state index is -0.252. The van der Waals surface area contributed by atoms with Gasteiger partial charge in [0.05, 0.1) is 12.2 Å². The maximum atomic E-state index is 12.5. The molecule has 0 atom stereocenters. The molecule has 9 nitrogen and oxygen atoms in total. The van der Waals surface area contributed by atoms with Gasteiger partial charge in [0.1, 0.15) is 5.82 Å². The fourth-order valence-electron chi connectivity index (χ4n) is 4.05. The summed E-state index contributed by atoms with van der Waals surface area (Å²) < 4.78 is 4.00. The fraction of sp³-hybridized carbons (Fsp3) is 0.450. The SMILES string of the molecule is Cl.Cl.O=C(Nc1ccc(-c2nnc3n2CCCC3)cc1)c1cn(C2CCNCC2)nn1. The largest absolute Gasteiger partial charge is 0.321 e. The van der Waals surface area contributed by atoms with Gasteiger partial charge < -0.3 is 15.2 Å². The number of hydrogen-bond donors (Lipinski definition) is 2. The van der Waals surface area contributed by atoms with E-state index in [1.165, 1.54) is 6.42 Å². The number of nitrogens with one attached hydrogen (secondary N) is 2. The number of piperidine rings is 1. The van der Waals surface area contributed by atoms with Crippen LogP contribution < -0.4 is 10.6 Å². The Balaban J connectivity index is 0.00000136. The van der Waals surface area contributed by atoms with Gasteiger partial charge in [-0.2, -0.15) is 0 Å². The highest BCUT2D eigenvalue weighted by atomic mass is 35.5. The van der Waals surface area contributed by atoms with Crippen LogP contribution in [0.2, 0.25) is 0 Å². The molecule has 1 aromatic carbocycles. The third-order valence-corrected chi connectivity index (χ3v) is 5.69. The van der Waals surface area contributed by atoms with E-state index in [2.05, 4.69) is 35.7 Å². The number of aromatic nitrogens is 6. The summed E-state index contributed by atoms with van der Waals surface area (Å²) in [6, 6.07) is 8.00. The van der Waals surface area contributed by atoms with Crippen molar-refractivity contribution in [1.29, 1.82) is 0 Å². The summed E-state index contributed by atoms with van der Waals surface area (Å²) in [7, 11) is 0. The molecule has 4 heterocycles. The number of fused-ring (bicyclic) bond motifs is 1. The molecule has 1 fully saturated rings. The molecular weight excluding hydrogens is 439 g/mol. The Morgan fingerprint density at radius 3 is 2.58 bits per heavy atom. The van der Waals surface area contributed by atoms with E-state index in [1.54, 1.807) is 6.20 Å². The quantitative estimate of drug-likeness (QED) is 0.615. The fourth-order valence-corrected chi connectivity index (χ4v) is 4.05. The van der Waals surface area contributed by atoms with Crippen molar-refractivity contribution in [2.45, 2.75) is 44.7 Å². The van der Waals surface area contributed by atoms with Crippen LogP contribution in [0.1, 0.15) is 48.0 Å². The summed E-state index contributed by atoms with van der Waals surface area (Å²) in [4.78, 5) is 12.5. The Labute approximate surface area is 192 Å². The van der Waals surface area contributed by atoms with Gasteiger partial charge in [0.15, 0.2) is 11.5 Å². The first kappa shape index (κ1) is 23.2. The van der Waals surface area contributed by atoms with Crippen molar-refractivity contribution in [3.63, 3.8) is 0 Å². The molecule has 2 aliphatic rings. The molecule has 0 spiro atoms. The number of halogens is 2. The number of hydrogen-bond acceptors (Lipinski definition) is 6. The average molecular weight is 465 g/mol. The van der Waals surface area contributed by atoms with Crippen LogP contribution in [0.15, 0.2) is 30.5 Å². The van der Waals surface area contributed by atoms with Crippen molar-refractivity contribution in [1.82, 2.24) is 35.1 Å². The lowest BCUT2D eigenvalue weighted by Crippen LogP contribution is -2.29. The standard InChI is InChI=1S/C20H24N8O.2ClH/c29-20(17-13-28(26-23-17)16-8-10-21-11-9-16)22-15-6-4-14(5-7-15)19-25-24-18-3-1-2-12-27(18)19;;/h4-7,13,16,21H,1-3,8-12H2,(H,22,29);2*1H. The Morgan fingerprint density at radius 2 is 1.81 bits per heavy atom. The summed E-state index contributed by atoms with van der Waals surface area (Å²) >= 11 is 0.